The first kappa shape index (κ1) is 18.7. The fourth-order valence-electron chi connectivity index (χ4n) is 3.08. The van der Waals surface area contributed by atoms with Crippen molar-refractivity contribution >= 4 is 5.91 Å². The van der Waals surface area contributed by atoms with Gasteiger partial charge in [-0.2, -0.15) is 0 Å². The molecule has 0 bridgehead atoms. The Hall–Kier alpha value is -3.11. The number of aromatic hydroxyl groups is 1. The molecule has 27 heavy (non-hydrogen) atoms. The molecule has 0 radical (unpaired) electrons. The fourth-order valence-corrected chi connectivity index (χ4v) is 3.08. The highest BCUT2D eigenvalue weighted by atomic mass is 16.3. The third kappa shape index (κ3) is 5.69. The smallest absolute Gasteiger partial charge is 0.226 e. The van der Waals surface area contributed by atoms with Crippen molar-refractivity contribution in [3.8, 4) is 5.75 Å². The lowest BCUT2D eigenvalue weighted by atomic mass is 10.0. The van der Waals surface area contributed by atoms with E-state index in [4.69, 9.17) is 0 Å². The Balaban J connectivity index is 1.65. The van der Waals surface area contributed by atoms with Crippen LogP contribution in [0.3, 0.4) is 0 Å². The Labute approximate surface area is 159 Å². The molecule has 3 aromatic rings. The summed E-state index contributed by atoms with van der Waals surface area (Å²) in [6.45, 7) is 1.25. The lowest BCUT2D eigenvalue weighted by Gasteiger charge is -2.17. The topological polar surface area (TPSA) is 65.9 Å². The van der Waals surface area contributed by atoms with E-state index in [2.05, 4.69) is 22.8 Å². The van der Waals surface area contributed by atoms with Gasteiger partial charge in [-0.3, -0.25) is 4.79 Å². The van der Waals surface area contributed by atoms with E-state index in [1.54, 1.807) is 12.1 Å². The molecule has 1 amide bonds. The number of phenols is 1. The Morgan fingerprint density at radius 1 is 0.852 bits per heavy atom. The van der Waals surface area contributed by atoms with Crippen LogP contribution in [0, 0.1) is 0 Å². The van der Waals surface area contributed by atoms with Crippen LogP contribution in [-0.2, 0) is 17.9 Å². The van der Waals surface area contributed by atoms with E-state index in [9.17, 15) is 9.90 Å². The van der Waals surface area contributed by atoms with Gasteiger partial charge in [0.1, 0.15) is 18.3 Å². The van der Waals surface area contributed by atoms with Gasteiger partial charge in [0, 0.05) is 12.1 Å². The van der Waals surface area contributed by atoms with Crippen molar-refractivity contribution in [2.24, 2.45) is 0 Å². The van der Waals surface area contributed by atoms with Crippen LogP contribution in [0.4, 0.5) is 0 Å². The van der Waals surface area contributed by atoms with E-state index in [0.717, 1.165) is 17.7 Å². The van der Waals surface area contributed by atoms with Gasteiger partial charge in [0.25, 0.3) is 0 Å². The molecule has 4 nitrogen and oxygen atoms in total. The number of carbonyl (C=O) groups is 1. The zero-order valence-corrected chi connectivity index (χ0v) is 15.2. The fraction of sp³-hybridized carbons (Fsp3) is 0.174. The van der Waals surface area contributed by atoms with Crippen molar-refractivity contribution in [1.82, 2.24) is 5.32 Å². The molecule has 138 valence electrons. The number of para-hydroxylation sites is 1. The Kier molecular flexibility index (Phi) is 6.61. The summed E-state index contributed by atoms with van der Waals surface area (Å²) in [5.41, 5.74) is 3.03. The molecule has 3 aromatic carbocycles. The minimum atomic E-state index is -0.151. The Morgan fingerprint density at radius 2 is 1.44 bits per heavy atom. The zero-order chi connectivity index (χ0) is 18.9. The van der Waals surface area contributed by atoms with Crippen LogP contribution < -0.4 is 10.6 Å². The quantitative estimate of drug-likeness (QED) is 0.578. The predicted molar refractivity (Wildman–Crippen MR) is 106 cm³/mol. The number of hydrogen-bond donors (Lipinski definition) is 3. The summed E-state index contributed by atoms with van der Waals surface area (Å²) >= 11 is 0. The molecule has 0 saturated heterocycles. The number of phenolic OH excluding ortho intramolecular Hbond substituents is 1. The Bertz CT molecular complexity index is 851. The summed E-state index contributed by atoms with van der Waals surface area (Å²) in [7, 11) is 0. The van der Waals surface area contributed by atoms with E-state index < -0.39 is 0 Å². The number of nitrogens with two attached hydrogens (primary N) is 1. The summed E-state index contributed by atoms with van der Waals surface area (Å²) in [4.78, 5) is 12.5. The van der Waals surface area contributed by atoms with Crippen molar-refractivity contribution in [3.63, 3.8) is 0 Å². The zero-order valence-electron chi connectivity index (χ0n) is 15.2. The summed E-state index contributed by atoms with van der Waals surface area (Å²) in [5.74, 6) is 0.194. The third-order valence-electron chi connectivity index (χ3n) is 4.55. The number of benzene rings is 3. The number of rotatable bonds is 8. The highest BCUT2D eigenvalue weighted by Crippen LogP contribution is 2.23. The standard InChI is InChI=1S/C23H24N2O2/c26-22-14-8-7-13-20(22)21(24-16-18-9-3-1-4-10-18)15-23(27)25-17-19-11-5-2-6-12-19/h1-14,21,24,26H,15-17H2,(H,25,27)/p+1/t21-/m0/s1. The van der Waals surface area contributed by atoms with Gasteiger partial charge < -0.3 is 15.7 Å². The van der Waals surface area contributed by atoms with E-state index >= 15 is 0 Å². The van der Waals surface area contributed by atoms with Crippen LogP contribution in [0.15, 0.2) is 84.9 Å². The number of quaternary nitrogens is 1. The average molecular weight is 361 g/mol. The number of hydrogen-bond acceptors (Lipinski definition) is 2. The molecule has 0 heterocycles. The Morgan fingerprint density at radius 3 is 2.11 bits per heavy atom. The van der Waals surface area contributed by atoms with Crippen LogP contribution in [0.2, 0.25) is 0 Å². The van der Waals surface area contributed by atoms with Crippen molar-refractivity contribution < 1.29 is 15.2 Å². The van der Waals surface area contributed by atoms with Gasteiger partial charge in [-0.1, -0.05) is 72.8 Å². The van der Waals surface area contributed by atoms with Gasteiger partial charge in [-0.25, -0.2) is 0 Å². The number of carbonyl (C=O) groups excluding carboxylic acids is 1. The number of amides is 1. The predicted octanol–water partition coefficient (Wildman–Crippen LogP) is 2.90. The van der Waals surface area contributed by atoms with Gasteiger partial charge in [0.05, 0.1) is 12.0 Å². The van der Waals surface area contributed by atoms with Gasteiger partial charge in [-0.05, 0) is 17.7 Å². The molecule has 0 aliphatic rings. The first-order chi connectivity index (χ1) is 13.2. The second-order valence-corrected chi connectivity index (χ2v) is 6.56. The molecule has 0 saturated carbocycles. The van der Waals surface area contributed by atoms with Crippen molar-refractivity contribution in [2.45, 2.75) is 25.6 Å². The SMILES string of the molecule is O=C(C[C@H]([NH2+]Cc1ccccc1)c1ccccc1O)NCc1ccccc1. The molecule has 3 rings (SSSR count). The monoisotopic (exact) mass is 361 g/mol. The second-order valence-electron chi connectivity index (χ2n) is 6.56. The van der Waals surface area contributed by atoms with Gasteiger partial charge in [-0.15, -0.1) is 0 Å². The van der Waals surface area contributed by atoms with Crippen molar-refractivity contribution in [2.75, 3.05) is 0 Å². The van der Waals surface area contributed by atoms with Crippen LogP contribution in [0.5, 0.6) is 5.75 Å². The molecule has 4 N–H and O–H groups in total. The van der Waals surface area contributed by atoms with Crippen LogP contribution in [0.25, 0.3) is 0 Å². The molecule has 0 spiro atoms. The average Bonchev–Trinajstić information content (AvgIpc) is 2.72. The van der Waals surface area contributed by atoms with Crippen LogP contribution in [-0.4, -0.2) is 11.0 Å². The maximum atomic E-state index is 12.5. The lowest BCUT2D eigenvalue weighted by molar-refractivity contribution is -0.710. The van der Waals surface area contributed by atoms with Gasteiger partial charge in [0.15, 0.2) is 0 Å². The second kappa shape index (κ2) is 9.55. The van der Waals surface area contributed by atoms with Crippen LogP contribution in [0.1, 0.15) is 29.2 Å². The van der Waals surface area contributed by atoms with E-state index in [1.165, 1.54) is 5.56 Å². The van der Waals surface area contributed by atoms with E-state index in [-0.39, 0.29) is 17.7 Å². The van der Waals surface area contributed by atoms with Crippen LogP contribution >= 0.6 is 0 Å². The maximum Gasteiger partial charge on any atom is 0.226 e. The molecule has 1 atom stereocenters. The molecule has 4 heteroatoms. The van der Waals surface area contributed by atoms with Crippen molar-refractivity contribution in [3.05, 3.63) is 102 Å². The molecule has 0 aliphatic heterocycles. The summed E-state index contributed by atoms with van der Waals surface area (Å²) in [6.07, 6.45) is 0.303. The summed E-state index contributed by atoms with van der Waals surface area (Å²) < 4.78 is 0. The van der Waals surface area contributed by atoms with E-state index in [1.807, 2.05) is 60.7 Å². The highest BCUT2D eigenvalue weighted by Gasteiger charge is 2.22. The normalized spacial score (nSPS) is 11.7. The molecule has 0 aromatic heterocycles. The van der Waals surface area contributed by atoms with Gasteiger partial charge >= 0.3 is 0 Å². The number of nitrogens with one attached hydrogen (secondary N) is 1. The van der Waals surface area contributed by atoms with Crippen molar-refractivity contribution in [1.29, 1.82) is 0 Å². The highest BCUT2D eigenvalue weighted by molar-refractivity contribution is 5.76. The minimum Gasteiger partial charge on any atom is -0.507 e. The molecular formula is C23H25N2O2+. The summed E-state index contributed by atoms with van der Waals surface area (Å²) in [5, 5.41) is 15.3. The van der Waals surface area contributed by atoms with Gasteiger partial charge in [0.2, 0.25) is 5.91 Å². The third-order valence-corrected chi connectivity index (χ3v) is 4.55. The summed E-state index contributed by atoms with van der Waals surface area (Å²) in [6, 6.07) is 27.1. The van der Waals surface area contributed by atoms with E-state index in [0.29, 0.717) is 13.0 Å². The largest absolute Gasteiger partial charge is 0.507 e. The first-order valence-corrected chi connectivity index (χ1v) is 9.18. The molecule has 0 fully saturated rings. The molecule has 0 aliphatic carbocycles. The molecule has 0 unspecified atom stereocenters. The molecular weight excluding hydrogens is 336 g/mol. The first-order valence-electron chi connectivity index (χ1n) is 9.18. The maximum absolute atomic E-state index is 12.5. The lowest BCUT2D eigenvalue weighted by Crippen LogP contribution is -2.84. The minimum absolute atomic E-state index is 0.0311.